The fourth-order valence-electron chi connectivity index (χ4n) is 4.18. The number of allylic oxidation sites excluding steroid dienone is 2. The number of benzene rings is 3. The smallest absolute Gasteiger partial charge is 0.183 e. The molecule has 3 nitrogen and oxygen atoms in total. The van der Waals surface area contributed by atoms with Crippen LogP contribution in [-0.4, -0.2) is 13.2 Å². The number of aryl methyl sites for hydroxylation is 2. The van der Waals surface area contributed by atoms with Crippen LogP contribution in [0.25, 0.3) is 10.8 Å². The molecule has 0 aliphatic carbocycles. The Morgan fingerprint density at radius 2 is 1.85 bits per heavy atom. The fraction of sp³-hybridized carbons (Fsp3) is 0.321. The minimum absolute atomic E-state index is 0.0153. The number of halogens is 2. The number of nitrogens with zero attached hydrogens (tertiary/aromatic N) is 1. The molecule has 1 aliphatic rings. The van der Waals surface area contributed by atoms with Gasteiger partial charge in [0.1, 0.15) is 17.7 Å². The van der Waals surface area contributed by atoms with Crippen LogP contribution in [-0.2, 0) is 22.3 Å². The number of nitriles is 1. The second kappa shape index (κ2) is 10.7. The van der Waals surface area contributed by atoms with Crippen LogP contribution in [0, 0.1) is 28.9 Å². The zero-order valence-corrected chi connectivity index (χ0v) is 18.7. The summed E-state index contributed by atoms with van der Waals surface area (Å²) < 4.78 is 40.9. The van der Waals surface area contributed by atoms with Crippen molar-refractivity contribution < 1.29 is 18.3 Å². The summed E-state index contributed by atoms with van der Waals surface area (Å²) >= 11 is 0. The van der Waals surface area contributed by atoms with Gasteiger partial charge in [0, 0.05) is 16.9 Å². The predicted molar refractivity (Wildman–Crippen MR) is 125 cm³/mol. The monoisotopic (exact) mass is 447 g/mol. The summed E-state index contributed by atoms with van der Waals surface area (Å²) in [6, 6.07) is 15.6. The van der Waals surface area contributed by atoms with Crippen LogP contribution in [0.15, 0.2) is 60.7 Å². The van der Waals surface area contributed by atoms with Crippen molar-refractivity contribution >= 4 is 10.8 Å². The molecule has 3 aromatic rings. The van der Waals surface area contributed by atoms with Crippen molar-refractivity contribution in [2.75, 3.05) is 13.2 Å². The van der Waals surface area contributed by atoms with E-state index in [0.717, 1.165) is 29.4 Å². The summed E-state index contributed by atoms with van der Waals surface area (Å²) in [4.78, 5) is 0. The molecular formula is C28H27F2NO2. The minimum Gasteiger partial charge on any atom is -0.348 e. The van der Waals surface area contributed by atoms with Gasteiger partial charge in [-0.25, -0.2) is 8.78 Å². The lowest BCUT2D eigenvalue weighted by Gasteiger charge is -2.29. The van der Waals surface area contributed by atoms with Gasteiger partial charge in [0.25, 0.3) is 0 Å². The van der Waals surface area contributed by atoms with Crippen molar-refractivity contribution in [1.82, 2.24) is 0 Å². The highest BCUT2D eigenvalue weighted by Gasteiger charge is 2.23. The van der Waals surface area contributed by atoms with E-state index >= 15 is 4.39 Å². The second-order valence-electron chi connectivity index (χ2n) is 8.46. The van der Waals surface area contributed by atoms with Crippen LogP contribution in [0.4, 0.5) is 8.78 Å². The molecular weight excluding hydrogens is 420 g/mol. The first-order valence-electron chi connectivity index (χ1n) is 11.3. The molecule has 0 aromatic heterocycles. The molecule has 0 bridgehead atoms. The highest BCUT2D eigenvalue weighted by atomic mass is 19.1. The predicted octanol–water partition coefficient (Wildman–Crippen LogP) is 6.79. The van der Waals surface area contributed by atoms with Crippen molar-refractivity contribution in [2.45, 2.75) is 38.9 Å². The first-order chi connectivity index (χ1) is 16.1. The average Bonchev–Trinajstić information content (AvgIpc) is 2.84. The molecule has 4 rings (SSSR count). The zero-order chi connectivity index (χ0) is 23.2. The molecule has 0 saturated carbocycles. The molecule has 5 heteroatoms. The number of hydrogen-bond donors (Lipinski definition) is 0. The van der Waals surface area contributed by atoms with Crippen molar-refractivity contribution in [2.24, 2.45) is 5.92 Å². The molecule has 0 amide bonds. The molecule has 33 heavy (non-hydrogen) atoms. The lowest BCUT2D eigenvalue weighted by molar-refractivity contribution is -0.205. The summed E-state index contributed by atoms with van der Waals surface area (Å²) in [5.41, 5.74) is 2.21. The lowest BCUT2D eigenvalue weighted by atomic mass is 9.98. The second-order valence-corrected chi connectivity index (χ2v) is 8.46. The minimum atomic E-state index is -0.544. The Balaban J connectivity index is 1.42. The summed E-state index contributed by atoms with van der Waals surface area (Å²) in [6.45, 7) is 3.33. The van der Waals surface area contributed by atoms with E-state index in [9.17, 15) is 4.39 Å². The lowest BCUT2D eigenvalue weighted by Crippen LogP contribution is -2.27. The van der Waals surface area contributed by atoms with Crippen LogP contribution in [0.5, 0.6) is 0 Å². The third-order valence-corrected chi connectivity index (χ3v) is 6.11. The van der Waals surface area contributed by atoms with Gasteiger partial charge in [-0.15, -0.1) is 0 Å². The maximum absolute atomic E-state index is 15.2. The highest BCUT2D eigenvalue weighted by Crippen LogP contribution is 2.31. The fourth-order valence-corrected chi connectivity index (χ4v) is 4.18. The Morgan fingerprint density at radius 3 is 2.58 bits per heavy atom. The standard InChI is InChI=1S/C28H27F2NO2/c1-2-3-4-5-20-17-32-28(33-18-20)23-12-13-25-22(15-23)11-10-21(27(25)30)8-6-19-7-9-24(16-31)26(29)14-19/h2-3,7,9-15,20,28H,4-6,8,17-18H2,1H3/b3-2+. The van der Waals surface area contributed by atoms with E-state index in [1.807, 2.05) is 31.2 Å². The van der Waals surface area contributed by atoms with Gasteiger partial charge in [-0.2, -0.15) is 5.26 Å². The van der Waals surface area contributed by atoms with Crippen LogP contribution in [0.3, 0.4) is 0 Å². The van der Waals surface area contributed by atoms with E-state index in [-0.39, 0.29) is 11.4 Å². The number of rotatable bonds is 7. The van der Waals surface area contributed by atoms with E-state index in [0.29, 0.717) is 42.9 Å². The molecule has 3 aromatic carbocycles. The third kappa shape index (κ3) is 5.47. The quantitative estimate of drug-likeness (QED) is 0.374. The van der Waals surface area contributed by atoms with E-state index in [1.54, 1.807) is 18.2 Å². The van der Waals surface area contributed by atoms with Gasteiger partial charge in [-0.05, 0) is 67.3 Å². The maximum Gasteiger partial charge on any atom is 0.183 e. The summed E-state index contributed by atoms with van der Waals surface area (Å²) in [5.74, 6) is -0.414. The molecule has 1 saturated heterocycles. The molecule has 0 unspecified atom stereocenters. The summed E-state index contributed by atoms with van der Waals surface area (Å²) in [7, 11) is 0. The van der Waals surface area contributed by atoms with Gasteiger partial charge in [-0.1, -0.05) is 42.5 Å². The van der Waals surface area contributed by atoms with E-state index in [1.165, 1.54) is 12.1 Å². The van der Waals surface area contributed by atoms with Crippen molar-refractivity contribution in [1.29, 1.82) is 5.26 Å². The zero-order valence-electron chi connectivity index (χ0n) is 18.7. The highest BCUT2D eigenvalue weighted by molar-refractivity contribution is 5.84. The molecule has 0 spiro atoms. The van der Waals surface area contributed by atoms with E-state index in [2.05, 4.69) is 12.2 Å². The molecule has 0 radical (unpaired) electrons. The third-order valence-electron chi connectivity index (χ3n) is 6.11. The van der Waals surface area contributed by atoms with Crippen molar-refractivity contribution in [3.63, 3.8) is 0 Å². The molecule has 0 N–H and O–H groups in total. The number of ether oxygens (including phenoxy) is 2. The maximum atomic E-state index is 15.2. The van der Waals surface area contributed by atoms with Crippen LogP contribution >= 0.6 is 0 Å². The van der Waals surface area contributed by atoms with Gasteiger partial charge in [-0.3, -0.25) is 0 Å². The number of hydrogen-bond acceptors (Lipinski definition) is 3. The van der Waals surface area contributed by atoms with E-state index < -0.39 is 12.1 Å². The van der Waals surface area contributed by atoms with Crippen molar-refractivity contribution in [3.05, 3.63) is 94.6 Å². The Hall–Kier alpha value is -3.07. The summed E-state index contributed by atoms with van der Waals surface area (Å²) in [5, 5.41) is 10.2. The Morgan fingerprint density at radius 1 is 1.03 bits per heavy atom. The van der Waals surface area contributed by atoms with Gasteiger partial charge < -0.3 is 9.47 Å². The van der Waals surface area contributed by atoms with Gasteiger partial charge in [0.15, 0.2) is 6.29 Å². The summed E-state index contributed by atoms with van der Waals surface area (Å²) in [6.07, 6.45) is 6.77. The Labute approximate surface area is 193 Å². The Bertz CT molecular complexity index is 1190. The van der Waals surface area contributed by atoms with Gasteiger partial charge in [0.05, 0.1) is 18.8 Å². The largest absolute Gasteiger partial charge is 0.348 e. The SMILES string of the molecule is C/C=C/CCC1COC(c2ccc3c(F)c(CCc4ccc(C#N)c(F)c4)ccc3c2)OC1. The van der Waals surface area contributed by atoms with Crippen LogP contribution in [0.2, 0.25) is 0 Å². The average molecular weight is 448 g/mol. The molecule has 170 valence electrons. The normalized spacial score (nSPS) is 18.6. The topological polar surface area (TPSA) is 42.2 Å². The first kappa shape index (κ1) is 23.1. The molecule has 1 heterocycles. The molecule has 1 fully saturated rings. The van der Waals surface area contributed by atoms with Crippen molar-refractivity contribution in [3.8, 4) is 6.07 Å². The Kier molecular flexibility index (Phi) is 7.49. The van der Waals surface area contributed by atoms with Crippen LogP contribution in [0.1, 0.15) is 48.3 Å². The van der Waals surface area contributed by atoms with Gasteiger partial charge in [0.2, 0.25) is 0 Å². The molecule has 0 atom stereocenters. The molecule has 1 aliphatic heterocycles. The van der Waals surface area contributed by atoms with Gasteiger partial charge >= 0.3 is 0 Å². The first-order valence-corrected chi connectivity index (χ1v) is 11.3. The van der Waals surface area contributed by atoms with E-state index in [4.69, 9.17) is 14.7 Å². The number of fused-ring (bicyclic) bond motifs is 1. The van der Waals surface area contributed by atoms with Crippen LogP contribution < -0.4 is 0 Å².